The van der Waals surface area contributed by atoms with Crippen LogP contribution in [0, 0.1) is 0 Å². The Bertz CT molecular complexity index is 391. The summed E-state index contributed by atoms with van der Waals surface area (Å²) < 4.78 is 5.26. The zero-order valence-corrected chi connectivity index (χ0v) is 8.12. The van der Waals surface area contributed by atoms with Crippen LogP contribution in [-0.2, 0) is 11.2 Å². The molecular weight excluding hydrogens is 176 g/mol. The molecule has 2 nitrogen and oxygen atoms in total. The first-order valence-electron chi connectivity index (χ1n) is 4.67. The zero-order chi connectivity index (χ0) is 9.97. The van der Waals surface area contributed by atoms with E-state index in [2.05, 4.69) is 0 Å². The third-order valence-corrected chi connectivity index (χ3v) is 2.55. The number of ether oxygens (including phenoxy) is 1. The molecule has 72 valence electrons. The van der Waals surface area contributed by atoms with Gasteiger partial charge < -0.3 is 4.74 Å². The number of fused-ring (bicyclic) bond motifs is 1. The van der Waals surface area contributed by atoms with E-state index in [4.69, 9.17) is 4.74 Å². The van der Waals surface area contributed by atoms with Crippen molar-refractivity contribution in [2.75, 3.05) is 7.11 Å². The predicted octanol–water partition coefficient (Wildman–Crippen LogP) is 2.22. The van der Waals surface area contributed by atoms with Crippen LogP contribution in [0.5, 0.6) is 5.75 Å². The van der Waals surface area contributed by atoms with Gasteiger partial charge in [-0.25, -0.2) is 0 Å². The third kappa shape index (κ3) is 1.43. The van der Waals surface area contributed by atoms with E-state index in [9.17, 15) is 4.79 Å². The van der Waals surface area contributed by atoms with Gasteiger partial charge in [0.25, 0.3) is 0 Å². The van der Waals surface area contributed by atoms with Crippen molar-refractivity contribution < 1.29 is 9.53 Å². The average Bonchev–Trinajstić information content (AvgIpc) is 2.27. The lowest BCUT2D eigenvalue weighted by molar-refractivity contribution is -0.105. The Balaban J connectivity index is 2.50. The maximum Gasteiger partial charge on any atom is 0.146 e. The molecule has 2 heteroatoms. The molecule has 1 aliphatic carbocycles. The second-order valence-corrected chi connectivity index (χ2v) is 3.37. The van der Waals surface area contributed by atoms with Crippen LogP contribution >= 0.6 is 0 Å². The molecule has 0 aliphatic heterocycles. The maximum atomic E-state index is 10.6. The molecule has 0 bridgehead atoms. The minimum Gasteiger partial charge on any atom is -0.496 e. The molecule has 0 N–H and O–H groups in total. The molecule has 14 heavy (non-hydrogen) atoms. The summed E-state index contributed by atoms with van der Waals surface area (Å²) in [4.78, 5) is 10.6. The molecule has 1 aliphatic rings. The maximum absolute atomic E-state index is 10.6. The average molecular weight is 188 g/mol. The van der Waals surface area contributed by atoms with E-state index in [1.165, 1.54) is 5.56 Å². The van der Waals surface area contributed by atoms with Crippen LogP contribution in [0.15, 0.2) is 23.8 Å². The molecule has 0 aromatic heterocycles. The number of methoxy groups -OCH3 is 1. The monoisotopic (exact) mass is 188 g/mol. The van der Waals surface area contributed by atoms with Crippen molar-refractivity contribution in [3.63, 3.8) is 0 Å². The van der Waals surface area contributed by atoms with Crippen molar-refractivity contribution in [3.8, 4) is 5.75 Å². The van der Waals surface area contributed by atoms with Crippen LogP contribution in [0.2, 0.25) is 0 Å². The fraction of sp³-hybridized carbons (Fsp3) is 0.250. The van der Waals surface area contributed by atoms with Crippen LogP contribution in [0.3, 0.4) is 0 Å². The molecule has 1 aromatic rings. The summed E-state index contributed by atoms with van der Waals surface area (Å²) in [6, 6.07) is 5.92. The lowest BCUT2D eigenvalue weighted by Gasteiger charge is -2.16. The largest absolute Gasteiger partial charge is 0.496 e. The SMILES string of the molecule is COc1cccc2c1CCC(C=O)=C2. The van der Waals surface area contributed by atoms with Crippen molar-refractivity contribution >= 4 is 12.4 Å². The molecular formula is C12H12O2. The highest BCUT2D eigenvalue weighted by Crippen LogP contribution is 2.30. The van der Waals surface area contributed by atoms with Crippen molar-refractivity contribution in [2.24, 2.45) is 0 Å². The van der Waals surface area contributed by atoms with Gasteiger partial charge in [0.15, 0.2) is 0 Å². The highest BCUT2D eigenvalue weighted by atomic mass is 16.5. The normalized spacial score (nSPS) is 14.2. The predicted molar refractivity (Wildman–Crippen MR) is 55.4 cm³/mol. The third-order valence-electron chi connectivity index (χ3n) is 2.55. The van der Waals surface area contributed by atoms with Gasteiger partial charge >= 0.3 is 0 Å². The summed E-state index contributed by atoms with van der Waals surface area (Å²) >= 11 is 0. The second kappa shape index (κ2) is 3.66. The van der Waals surface area contributed by atoms with Gasteiger partial charge in [-0.15, -0.1) is 0 Å². The Morgan fingerprint density at radius 2 is 2.21 bits per heavy atom. The molecule has 0 saturated heterocycles. The number of carbonyl (C=O) groups excluding carboxylic acids is 1. The first kappa shape index (κ1) is 9.00. The summed E-state index contributed by atoms with van der Waals surface area (Å²) in [7, 11) is 1.68. The molecule has 2 rings (SSSR count). The Kier molecular flexibility index (Phi) is 2.35. The standard InChI is InChI=1S/C12H12O2/c1-14-12-4-2-3-10-7-9(8-13)5-6-11(10)12/h2-4,7-8H,5-6H2,1H3. The molecule has 0 atom stereocenters. The topological polar surface area (TPSA) is 26.3 Å². The quantitative estimate of drug-likeness (QED) is 0.665. The van der Waals surface area contributed by atoms with Crippen LogP contribution in [0.1, 0.15) is 17.5 Å². The summed E-state index contributed by atoms with van der Waals surface area (Å²) in [5, 5.41) is 0. The first-order chi connectivity index (χ1) is 6.85. The van der Waals surface area contributed by atoms with Gasteiger partial charge in [0.05, 0.1) is 7.11 Å². The number of benzene rings is 1. The number of rotatable bonds is 2. The smallest absolute Gasteiger partial charge is 0.146 e. The Morgan fingerprint density at radius 3 is 2.93 bits per heavy atom. The minimum atomic E-state index is 0.816. The first-order valence-corrected chi connectivity index (χ1v) is 4.67. The number of hydrogen-bond donors (Lipinski definition) is 0. The van der Waals surface area contributed by atoms with Gasteiger partial charge in [-0.3, -0.25) is 4.79 Å². The van der Waals surface area contributed by atoms with E-state index >= 15 is 0 Å². The van der Waals surface area contributed by atoms with Crippen molar-refractivity contribution in [1.82, 2.24) is 0 Å². The Labute approximate surface area is 83.2 Å². The molecule has 0 saturated carbocycles. The van der Waals surface area contributed by atoms with Crippen molar-refractivity contribution in [3.05, 3.63) is 34.9 Å². The number of allylic oxidation sites excluding steroid dienone is 1. The van der Waals surface area contributed by atoms with Crippen LogP contribution in [0.4, 0.5) is 0 Å². The molecule has 1 aromatic carbocycles. The van der Waals surface area contributed by atoms with E-state index in [1.54, 1.807) is 7.11 Å². The van der Waals surface area contributed by atoms with E-state index < -0.39 is 0 Å². The Morgan fingerprint density at radius 1 is 1.36 bits per heavy atom. The number of aldehydes is 1. The minimum absolute atomic E-state index is 0.816. The molecule has 0 radical (unpaired) electrons. The van der Waals surface area contributed by atoms with Crippen LogP contribution < -0.4 is 4.74 Å². The van der Waals surface area contributed by atoms with E-state index in [0.29, 0.717) is 0 Å². The fourth-order valence-corrected chi connectivity index (χ4v) is 1.81. The van der Waals surface area contributed by atoms with Crippen molar-refractivity contribution in [1.29, 1.82) is 0 Å². The molecule has 0 unspecified atom stereocenters. The molecule has 0 fully saturated rings. The van der Waals surface area contributed by atoms with Gasteiger partial charge in [-0.05, 0) is 36.1 Å². The number of hydrogen-bond acceptors (Lipinski definition) is 2. The van der Waals surface area contributed by atoms with E-state index in [0.717, 1.165) is 36.0 Å². The van der Waals surface area contributed by atoms with Gasteiger partial charge in [0, 0.05) is 5.56 Å². The lowest BCUT2D eigenvalue weighted by Crippen LogP contribution is -2.02. The van der Waals surface area contributed by atoms with E-state index in [-0.39, 0.29) is 0 Å². The Hall–Kier alpha value is -1.57. The zero-order valence-electron chi connectivity index (χ0n) is 8.12. The van der Waals surface area contributed by atoms with E-state index in [1.807, 2.05) is 24.3 Å². The van der Waals surface area contributed by atoms with Gasteiger partial charge in [-0.2, -0.15) is 0 Å². The van der Waals surface area contributed by atoms with Crippen molar-refractivity contribution in [2.45, 2.75) is 12.8 Å². The van der Waals surface area contributed by atoms with Crippen LogP contribution in [0.25, 0.3) is 6.08 Å². The highest BCUT2D eigenvalue weighted by Gasteiger charge is 2.13. The molecule has 0 spiro atoms. The summed E-state index contributed by atoms with van der Waals surface area (Å²) in [6.07, 6.45) is 4.58. The second-order valence-electron chi connectivity index (χ2n) is 3.37. The molecule has 0 amide bonds. The number of carbonyl (C=O) groups is 1. The summed E-state index contributed by atoms with van der Waals surface area (Å²) in [5.74, 6) is 0.920. The van der Waals surface area contributed by atoms with Crippen LogP contribution in [-0.4, -0.2) is 13.4 Å². The summed E-state index contributed by atoms with van der Waals surface area (Å²) in [6.45, 7) is 0. The van der Waals surface area contributed by atoms with Gasteiger partial charge in [0.1, 0.15) is 12.0 Å². The lowest BCUT2D eigenvalue weighted by atomic mass is 9.92. The van der Waals surface area contributed by atoms with Gasteiger partial charge in [0.2, 0.25) is 0 Å². The highest BCUT2D eigenvalue weighted by molar-refractivity contribution is 5.84. The molecule has 0 heterocycles. The van der Waals surface area contributed by atoms with Gasteiger partial charge in [-0.1, -0.05) is 12.1 Å². The summed E-state index contributed by atoms with van der Waals surface area (Å²) in [5.41, 5.74) is 3.18. The fourth-order valence-electron chi connectivity index (χ4n) is 1.81.